The van der Waals surface area contributed by atoms with Crippen molar-refractivity contribution in [1.82, 2.24) is 0 Å². The normalized spacial score (nSPS) is 23.4. The molecule has 1 aliphatic carbocycles. The second-order valence-electron chi connectivity index (χ2n) is 5.97. The fraction of sp³-hybridized carbons (Fsp3) is 0.278. The molecule has 2 aliphatic rings. The molecule has 1 spiro atoms. The topological polar surface area (TPSA) is 26.3 Å². The Bertz CT molecular complexity index is 738. The van der Waals surface area contributed by atoms with Gasteiger partial charge in [-0.05, 0) is 42.2 Å². The van der Waals surface area contributed by atoms with Crippen molar-refractivity contribution < 1.29 is 9.53 Å². The third-order valence-electron chi connectivity index (χ3n) is 4.53. The first-order valence-electron chi connectivity index (χ1n) is 7.24. The quantitative estimate of drug-likeness (QED) is 0.711. The summed E-state index contributed by atoms with van der Waals surface area (Å²) in [5.74, 6) is 0.922. The summed E-state index contributed by atoms with van der Waals surface area (Å²) in [5.41, 5.74) is 3.05. The molecule has 0 aromatic heterocycles. The molecule has 0 N–H and O–H groups in total. The van der Waals surface area contributed by atoms with Gasteiger partial charge in [-0.3, -0.25) is 4.79 Å². The van der Waals surface area contributed by atoms with Crippen LogP contribution in [0.1, 0.15) is 34.3 Å². The van der Waals surface area contributed by atoms with E-state index in [1.807, 2.05) is 18.2 Å². The van der Waals surface area contributed by atoms with Gasteiger partial charge in [-0.15, -0.1) is 0 Å². The van der Waals surface area contributed by atoms with Crippen molar-refractivity contribution in [2.75, 3.05) is 0 Å². The highest BCUT2D eigenvalue weighted by molar-refractivity contribution is 9.10. The summed E-state index contributed by atoms with van der Waals surface area (Å²) >= 11 is 3.42. The largest absolute Gasteiger partial charge is 0.486 e. The summed E-state index contributed by atoms with van der Waals surface area (Å²) in [5, 5.41) is 0. The molecule has 2 aromatic carbocycles. The number of hydrogen-bond acceptors (Lipinski definition) is 2. The molecule has 1 atom stereocenters. The van der Waals surface area contributed by atoms with Gasteiger partial charge in [0.1, 0.15) is 11.4 Å². The molecule has 106 valence electrons. The Balaban J connectivity index is 1.72. The number of hydrogen-bond donors (Lipinski definition) is 0. The van der Waals surface area contributed by atoms with Crippen LogP contribution in [-0.4, -0.2) is 11.4 Å². The van der Waals surface area contributed by atoms with Crippen LogP contribution < -0.4 is 4.74 Å². The van der Waals surface area contributed by atoms with Gasteiger partial charge in [0.05, 0.1) is 12.0 Å². The minimum atomic E-state index is -0.355. The number of fused-ring (bicyclic) bond motifs is 2. The third kappa shape index (κ3) is 2.20. The van der Waals surface area contributed by atoms with Crippen LogP contribution in [0.5, 0.6) is 5.75 Å². The summed E-state index contributed by atoms with van der Waals surface area (Å²) in [7, 11) is 0. The lowest BCUT2D eigenvalue weighted by Crippen LogP contribution is -2.46. The Morgan fingerprint density at radius 3 is 2.71 bits per heavy atom. The number of Topliss-reactive ketones (excluding diaryl/α,β-unsaturated/α-hetero) is 1. The maximum Gasteiger partial charge on any atom is 0.170 e. The number of rotatable bonds is 0. The number of aryl methyl sites for hydroxylation is 1. The third-order valence-corrected chi connectivity index (χ3v) is 5.03. The van der Waals surface area contributed by atoms with E-state index in [2.05, 4.69) is 40.2 Å². The Morgan fingerprint density at radius 2 is 1.86 bits per heavy atom. The van der Waals surface area contributed by atoms with E-state index in [1.54, 1.807) is 0 Å². The van der Waals surface area contributed by atoms with Crippen LogP contribution in [0, 0.1) is 0 Å². The first-order valence-corrected chi connectivity index (χ1v) is 8.03. The Kier molecular flexibility index (Phi) is 2.93. The van der Waals surface area contributed by atoms with Gasteiger partial charge in [0, 0.05) is 10.9 Å². The molecule has 2 aromatic rings. The maximum absolute atomic E-state index is 12.5. The minimum absolute atomic E-state index is 0.192. The fourth-order valence-corrected chi connectivity index (χ4v) is 3.84. The molecule has 4 rings (SSSR count). The molecular weight excluding hydrogens is 328 g/mol. The number of benzene rings is 2. The Morgan fingerprint density at radius 1 is 1.05 bits per heavy atom. The molecule has 21 heavy (non-hydrogen) atoms. The molecule has 0 saturated heterocycles. The molecule has 1 heterocycles. The predicted molar refractivity (Wildman–Crippen MR) is 84.9 cm³/mol. The molecule has 0 saturated carbocycles. The van der Waals surface area contributed by atoms with Crippen LogP contribution in [0.25, 0.3) is 0 Å². The van der Waals surface area contributed by atoms with Crippen LogP contribution >= 0.6 is 15.9 Å². The zero-order valence-corrected chi connectivity index (χ0v) is 13.2. The van der Waals surface area contributed by atoms with Crippen LogP contribution in [0.15, 0.2) is 46.9 Å². The standard InChI is InChI=1S/C18H15BrO2/c19-14-5-6-17-15(9-14)16(20)11-18(21-17)8-7-12-3-1-2-4-13(12)10-18/h1-6,9H,7-8,10-11H2. The van der Waals surface area contributed by atoms with Gasteiger partial charge < -0.3 is 4.74 Å². The molecule has 1 aliphatic heterocycles. The average molecular weight is 343 g/mol. The SMILES string of the molecule is O=C1CC2(CCc3ccccc3C2)Oc2ccc(Br)cc21. The first-order chi connectivity index (χ1) is 10.2. The molecule has 0 radical (unpaired) electrons. The smallest absolute Gasteiger partial charge is 0.170 e. The summed E-state index contributed by atoms with van der Waals surface area (Å²) in [4.78, 5) is 12.5. The highest BCUT2D eigenvalue weighted by Gasteiger charge is 2.42. The molecule has 0 amide bonds. The summed E-state index contributed by atoms with van der Waals surface area (Å²) < 4.78 is 7.22. The fourth-order valence-electron chi connectivity index (χ4n) is 3.48. The van der Waals surface area contributed by atoms with Gasteiger partial charge in [-0.25, -0.2) is 0 Å². The zero-order valence-electron chi connectivity index (χ0n) is 11.6. The highest BCUT2D eigenvalue weighted by atomic mass is 79.9. The second kappa shape index (κ2) is 4.70. The van der Waals surface area contributed by atoms with Gasteiger partial charge in [-0.2, -0.15) is 0 Å². The number of ether oxygens (including phenoxy) is 1. The van der Waals surface area contributed by atoms with E-state index in [9.17, 15) is 4.79 Å². The van der Waals surface area contributed by atoms with E-state index in [0.29, 0.717) is 12.0 Å². The number of carbonyl (C=O) groups excluding carboxylic acids is 1. The van der Waals surface area contributed by atoms with E-state index >= 15 is 0 Å². The van der Waals surface area contributed by atoms with Crippen molar-refractivity contribution in [2.45, 2.75) is 31.3 Å². The monoisotopic (exact) mass is 342 g/mol. The first kappa shape index (κ1) is 13.1. The highest BCUT2D eigenvalue weighted by Crippen LogP contribution is 2.41. The van der Waals surface area contributed by atoms with Crippen LogP contribution in [-0.2, 0) is 12.8 Å². The van der Waals surface area contributed by atoms with E-state index in [0.717, 1.165) is 29.5 Å². The molecule has 0 fully saturated rings. The van der Waals surface area contributed by atoms with Crippen molar-refractivity contribution in [2.24, 2.45) is 0 Å². The molecule has 3 heteroatoms. The molecule has 2 nitrogen and oxygen atoms in total. The predicted octanol–water partition coefficient (Wildman–Crippen LogP) is 4.34. The molecule has 0 bridgehead atoms. The average Bonchev–Trinajstić information content (AvgIpc) is 2.48. The van der Waals surface area contributed by atoms with E-state index in [1.165, 1.54) is 11.1 Å². The van der Waals surface area contributed by atoms with Crippen molar-refractivity contribution in [3.8, 4) is 5.75 Å². The second-order valence-corrected chi connectivity index (χ2v) is 6.89. The molecule has 1 unspecified atom stereocenters. The number of carbonyl (C=O) groups is 1. The summed E-state index contributed by atoms with van der Waals surface area (Å²) in [6, 6.07) is 14.2. The van der Waals surface area contributed by atoms with Crippen LogP contribution in [0.4, 0.5) is 0 Å². The minimum Gasteiger partial charge on any atom is -0.486 e. The van der Waals surface area contributed by atoms with Crippen molar-refractivity contribution in [3.63, 3.8) is 0 Å². The maximum atomic E-state index is 12.5. The van der Waals surface area contributed by atoms with Crippen molar-refractivity contribution in [3.05, 3.63) is 63.6 Å². The Hall–Kier alpha value is -1.61. The van der Waals surface area contributed by atoms with Gasteiger partial charge in [0.15, 0.2) is 5.78 Å². The van der Waals surface area contributed by atoms with E-state index in [-0.39, 0.29) is 11.4 Å². The number of ketones is 1. The van der Waals surface area contributed by atoms with Crippen molar-refractivity contribution in [1.29, 1.82) is 0 Å². The lowest BCUT2D eigenvalue weighted by Gasteiger charge is -2.41. The lowest BCUT2D eigenvalue weighted by molar-refractivity contribution is 0.0308. The lowest BCUT2D eigenvalue weighted by atomic mass is 9.75. The van der Waals surface area contributed by atoms with Gasteiger partial charge in [0.25, 0.3) is 0 Å². The van der Waals surface area contributed by atoms with E-state index in [4.69, 9.17) is 4.74 Å². The summed E-state index contributed by atoms with van der Waals surface area (Å²) in [6.45, 7) is 0. The van der Waals surface area contributed by atoms with Crippen molar-refractivity contribution >= 4 is 21.7 Å². The van der Waals surface area contributed by atoms with Crippen LogP contribution in [0.3, 0.4) is 0 Å². The van der Waals surface area contributed by atoms with Crippen LogP contribution in [0.2, 0.25) is 0 Å². The number of halogens is 1. The summed E-state index contributed by atoms with van der Waals surface area (Å²) in [6.07, 6.45) is 3.19. The van der Waals surface area contributed by atoms with Gasteiger partial charge >= 0.3 is 0 Å². The molecular formula is C18H15BrO2. The Labute approximate surface area is 132 Å². The van der Waals surface area contributed by atoms with E-state index < -0.39 is 0 Å². The van der Waals surface area contributed by atoms with Gasteiger partial charge in [0.2, 0.25) is 0 Å². The van der Waals surface area contributed by atoms with Gasteiger partial charge in [-0.1, -0.05) is 40.2 Å². The zero-order chi connectivity index (χ0) is 14.4.